The van der Waals surface area contributed by atoms with E-state index in [0.29, 0.717) is 24.1 Å². The van der Waals surface area contributed by atoms with E-state index < -0.39 is 0 Å². The smallest absolute Gasteiger partial charge is 0.231 e. The van der Waals surface area contributed by atoms with Gasteiger partial charge in [-0.05, 0) is 60.3 Å². The van der Waals surface area contributed by atoms with E-state index in [9.17, 15) is 9.59 Å². The first-order valence-corrected chi connectivity index (χ1v) is 16.9. The molecule has 6 aromatic rings. The molecule has 2 saturated heterocycles. The summed E-state index contributed by atoms with van der Waals surface area (Å²) >= 11 is 0. The Morgan fingerprint density at radius 2 is 1.28 bits per heavy atom. The van der Waals surface area contributed by atoms with Gasteiger partial charge in [0.1, 0.15) is 11.6 Å². The zero-order chi connectivity index (χ0) is 33.6. The number of H-pyrrole nitrogens is 4. The Balaban J connectivity index is 0.867. The van der Waals surface area contributed by atoms with Crippen molar-refractivity contribution in [1.82, 2.24) is 71.0 Å². The van der Waals surface area contributed by atoms with Gasteiger partial charge in [0, 0.05) is 12.6 Å². The number of benzene rings is 2. The second-order valence-corrected chi connectivity index (χ2v) is 13.2. The SMILES string of the molecule is O=C(Cc1nn[nH]n1)N1CCC[C@H]1c1ncc(-c2ccc(-c3ccc(-c4cnc([C@H]5[C@H]6CC[C@@H](C6)N5C(=O)Cc5nn[nH]n5)[nH]4)cc3)cc2)[nH]1. The van der Waals surface area contributed by atoms with E-state index in [1.54, 1.807) is 0 Å². The predicted octanol–water partition coefficient (Wildman–Crippen LogP) is 3.36. The molecule has 6 heterocycles. The fourth-order valence-corrected chi connectivity index (χ4v) is 8.00. The van der Waals surface area contributed by atoms with E-state index in [-0.39, 0.29) is 42.8 Å². The average molecular weight is 671 g/mol. The molecule has 2 bridgehead atoms. The highest BCUT2D eigenvalue weighted by Crippen LogP contribution is 2.50. The second kappa shape index (κ2) is 12.4. The summed E-state index contributed by atoms with van der Waals surface area (Å²) in [6.45, 7) is 0.678. The summed E-state index contributed by atoms with van der Waals surface area (Å²) in [6.07, 6.45) is 8.80. The van der Waals surface area contributed by atoms with Crippen LogP contribution in [-0.4, -0.2) is 95.4 Å². The maximum atomic E-state index is 13.3. The number of nitrogens with zero attached hydrogens (tertiary/aromatic N) is 10. The monoisotopic (exact) mass is 670 g/mol. The highest BCUT2D eigenvalue weighted by molar-refractivity contribution is 5.80. The quantitative estimate of drug-likeness (QED) is 0.176. The van der Waals surface area contributed by atoms with Crippen LogP contribution in [0.3, 0.4) is 0 Å². The molecular formula is C34H34N14O2. The van der Waals surface area contributed by atoms with Gasteiger partial charge in [0.15, 0.2) is 11.6 Å². The molecule has 0 unspecified atom stereocenters. The zero-order valence-corrected chi connectivity index (χ0v) is 27.0. The molecule has 50 heavy (non-hydrogen) atoms. The Morgan fingerprint density at radius 1 is 0.700 bits per heavy atom. The summed E-state index contributed by atoms with van der Waals surface area (Å²) in [5, 5.41) is 27.7. The minimum atomic E-state index is -0.107. The summed E-state index contributed by atoms with van der Waals surface area (Å²) in [7, 11) is 0. The van der Waals surface area contributed by atoms with Gasteiger partial charge >= 0.3 is 0 Å². The van der Waals surface area contributed by atoms with Crippen molar-refractivity contribution in [2.45, 2.75) is 63.1 Å². The van der Waals surface area contributed by atoms with Crippen LogP contribution >= 0.6 is 0 Å². The number of fused-ring (bicyclic) bond motifs is 2. The first-order chi connectivity index (χ1) is 24.6. The number of carbonyl (C=O) groups excluding carboxylic acids is 2. The Kier molecular flexibility index (Phi) is 7.47. The van der Waals surface area contributed by atoms with Crippen molar-refractivity contribution in [2.24, 2.45) is 5.92 Å². The Bertz CT molecular complexity index is 2100. The summed E-state index contributed by atoms with van der Waals surface area (Å²) in [4.78, 5) is 46.5. The van der Waals surface area contributed by atoms with Crippen LogP contribution in [0.25, 0.3) is 33.6 Å². The third-order valence-electron chi connectivity index (χ3n) is 10.4. The van der Waals surface area contributed by atoms with Crippen molar-refractivity contribution in [3.05, 3.63) is 84.2 Å². The molecule has 3 aliphatic rings. The lowest BCUT2D eigenvalue weighted by Crippen LogP contribution is -2.41. The zero-order valence-electron chi connectivity index (χ0n) is 27.0. The fourth-order valence-electron chi connectivity index (χ4n) is 8.00. The van der Waals surface area contributed by atoms with Crippen LogP contribution in [-0.2, 0) is 22.4 Å². The van der Waals surface area contributed by atoms with Gasteiger partial charge in [-0.25, -0.2) is 9.97 Å². The lowest BCUT2D eigenvalue weighted by Gasteiger charge is -2.34. The molecule has 2 aliphatic heterocycles. The number of aromatic nitrogens is 12. The van der Waals surface area contributed by atoms with Crippen LogP contribution in [0.1, 0.15) is 67.5 Å². The molecule has 2 amide bonds. The Hall–Kier alpha value is -6.06. The fraction of sp³-hybridized carbons (Fsp3) is 0.353. The molecule has 16 nitrogen and oxygen atoms in total. The van der Waals surface area contributed by atoms with E-state index in [0.717, 1.165) is 77.4 Å². The standard InChI is InChI=1S/C34H34N14O2/c49-30(15-28-39-43-44-40-28)47-13-1-2-27(47)33-35-17-25(37-33)21-7-3-19(4-8-21)20-5-9-22(10-6-20)26-18-36-34(38-26)32-23-11-12-24(14-23)48(32)31(50)16-29-41-45-46-42-29/h3-10,17-18,23-24,27,32H,1-2,11-16H2,(H,35,37)(H,36,38)(H,39,40,43,44)(H,41,42,45,46)/t23-,24-,27-,32+/m0/s1. The number of carbonyl (C=O) groups is 2. The third kappa shape index (κ3) is 5.51. The van der Waals surface area contributed by atoms with Crippen molar-refractivity contribution in [1.29, 1.82) is 0 Å². The molecule has 0 radical (unpaired) electrons. The molecule has 9 rings (SSSR count). The summed E-state index contributed by atoms with van der Waals surface area (Å²) in [5.41, 5.74) is 6.05. The van der Waals surface area contributed by atoms with E-state index in [2.05, 4.69) is 105 Å². The predicted molar refractivity (Wildman–Crippen MR) is 177 cm³/mol. The van der Waals surface area contributed by atoms with Crippen LogP contribution in [0, 0.1) is 5.92 Å². The number of rotatable bonds is 9. The number of hydrogen-bond acceptors (Lipinski definition) is 10. The first kappa shape index (κ1) is 30.0. The molecule has 252 valence electrons. The lowest BCUT2D eigenvalue weighted by atomic mass is 9.97. The van der Waals surface area contributed by atoms with Crippen molar-refractivity contribution in [2.75, 3.05) is 6.54 Å². The van der Waals surface area contributed by atoms with Crippen LogP contribution in [0.15, 0.2) is 60.9 Å². The average Bonchev–Trinajstić information content (AvgIpc) is 4.00. The van der Waals surface area contributed by atoms with Crippen molar-refractivity contribution >= 4 is 11.8 Å². The Morgan fingerprint density at radius 3 is 1.90 bits per heavy atom. The second-order valence-electron chi connectivity index (χ2n) is 13.2. The molecule has 16 heteroatoms. The molecule has 0 spiro atoms. The summed E-state index contributed by atoms with van der Waals surface area (Å²) in [6, 6.07) is 16.8. The van der Waals surface area contributed by atoms with Crippen molar-refractivity contribution in [3.8, 4) is 33.6 Å². The number of nitrogens with one attached hydrogen (secondary N) is 4. The van der Waals surface area contributed by atoms with Gasteiger partial charge in [-0.15, -0.1) is 20.4 Å². The van der Waals surface area contributed by atoms with Crippen molar-refractivity contribution < 1.29 is 9.59 Å². The third-order valence-corrected chi connectivity index (χ3v) is 10.4. The molecule has 4 aromatic heterocycles. The van der Waals surface area contributed by atoms with Crippen molar-refractivity contribution in [3.63, 3.8) is 0 Å². The first-order valence-electron chi connectivity index (χ1n) is 16.9. The van der Waals surface area contributed by atoms with Gasteiger partial charge in [0.05, 0.1) is 48.7 Å². The Labute approximate surface area is 285 Å². The molecule has 3 fully saturated rings. The van der Waals surface area contributed by atoms with Gasteiger partial charge in [-0.1, -0.05) is 59.0 Å². The van der Waals surface area contributed by atoms with Gasteiger partial charge in [0.25, 0.3) is 0 Å². The summed E-state index contributed by atoms with van der Waals surface area (Å²) in [5.74, 6) is 2.76. The minimum Gasteiger partial charge on any atom is -0.340 e. The van der Waals surface area contributed by atoms with Gasteiger partial charge < -0.3 is 19.8 Å². The number of imidazole rings is 2. The minimum absolute atomic E-state index is 0.00930. The van der Waals surface area contributed by atoms with Gasteiger partial charge in [-0.3, -0.25) is 9.59 Å². The number of amides is 2. The van der Waals surface area contributed by atoms with E-state index in [4.69, 9.17) is 4.98 Å². The van der Waals surface area contributed by atoms with Crippen LogP contribution in [0.4, 0.5) is 0 Å². The van der Waals surface area contributed by atoms with Gasteiger partial charge in [0.2, 0.25) is 11.8 Å². The van der Waals surface area contributed by atoms with E-state index in [1.165, 1.54) is 0 Å². The number of tetrazole rings is 2. The number of aromatic amines is 4. The normalized spacial score (nSPS) is 21.4. The summed E-state index contributed by atoms with van der Waals surface area (Å²) < 4.78 is 0. The molecule has 2 aromatic carbocycles. The number of likely N-dealkylation sites (tertiary alicyclic amines) is 2. The largest absolute Gasteiger partial charge is 0.340 e. The number of hydrogen-bond donors (Lipinski definition) is 4. The molecule has 1 aliphatic carbocycles. The van der Waals surface area contributed by atoms with Crippen LogP contribution < -0.4 is 0 Å². The van der Waals surface area contributed by atoms with Gasteiger partial charge in [-0.2, -0.15) is 10.4 Å². The van der Waals surface area contributed by atoms with Crippen LogP contribution in [0.5, 0.6) is 0 Å². The maximum absolute atomic E-state index is 13.3. The van der Waals surface area contributed by atoms with E-state index in [1.807, 2.05) is 22.2 Å². The maximum Gasteiger partial charge on any atom is 0.231 e. The highest BCUT2D eigenvalue weighted by Gasteiger charge is 2.49. The highest BCUT2D eigenvalue weighted by atomic mass is 16.2. The molecule has 4 N–H and O–H groups in total. The van der Waals surface area contributed by atoms with E-state index >= 15 is 0 Å². The molecule has 1 saturated carbocycles. The van der Waals surface area contributed by atoms with Crippen LogP contribution in [0.2, 0.25) is 0 Å². The molecule has 4 atom stereocenters. The number of piperidine rings is 1. The lowest BCUT2D eigenvalue weighted by molar-refractivity contribution is -0.135. The topological polar surface area (TPSA) is 207 Å². The molecular weight excluding hydrogens is 636 g/mol.